The van der Waals surface area contributed by atoms with E-state index in [9.17, 15) is 24.1 Å². The standard InChI is InChI=1S/C22H26F2N6O3S/c1-3-6-34-22-25-20(29(2)14-8-11(14)10-4-5-12(23)13(24)7-10)17-21(26-22)30(28-27-17)15-9-16(31)19(33)18(15)32/h4-5,7,11,14-16,18-19,31-33H,3,6,8-9H2,1-2H3/t11?,14?,15-,16+,18+,19-/m1/s1. The molecule has 0 aliphatic heterocycles. The molecule has 2 aliphatic rings. The second-order valence-corrected chi connectivity index (χ2v) is 9.99. The fraction of sp³-hybridized carbons (Fsp3) is 0.545. The average Bonchev–Trinajstić information content (AvgIpc) is 3.46. The first kappa shape index (κ1) is 23.3. The van der Waals surface area contributed by atoms with Gasteiger partial charge < -0.3 is 20.2 Å². The number of aromatic nitrogens is 5. The van der Waals surface area contributed by atoms with Gasteiger partial charge in [0.2, 0.25) is 0 Å². The summed E-state index contributed by atoms with van der Waals surface area (Å²) in [5.41, 5.74) is 1.57. The zero-order valence-electron chi connectivity index (χ0n) is 18.7. The third kappa shape index (κ3) is 4.02. The summed E-state index contributed by atoms with van der Waals surface area (Å²) < 4.78 is 28.6. The molecule has 12 heteroatoms. The lowest BCUT2D eigenvalue weighted by molar-refractivity contribution is -0.0253. The molecule has 3 aromatic rings. The summed E-state index contributed by atoms with van der Waals surface area (Å²) in [6.07, 6.45) is -1.75. The number of hydrogen-bond acceptors (Lipinski definition) is 9. The minimum Gasteiger partial charge on any atom is -0.390 e. The number of aliphatic hydroxyl groups is 3. The van der Waals surface area contributed by atoms with E-state index in [0.29, 0.717) is 22.1 Å². The minimum absolute atomic E-state index is 0.0119. The van der Waals surface area contributed by atoms with Crippen LogP contribution >= 0.6 is 11.8 Å². The molecule has 0 radical (unpaired) electrons. The molecule has 3 N–H and O–H groups in total. The van der Waals surface area contributed by atoms with Crippen molar-refractivity contribution in [3.8, 4) is 0 Å². The predicted octanol–water partition coefficient (Wildman–Crippen LogP) is 2.02. The zero-order chi connectivity index (χ0) is 24.1. The average molecular weight is 493 g/mol. The van der Waals surface area contributed by atoms with E-state index in [4.69, 9.17) is 4.98 Å². The van der Waals surface area contributed by atoms with Crippen molar-refractivity contribution in [3.63, 3.8) is 0 Å². The van der Waals surface area contributed by atoms with Crippen molar-refractivity contribution in [2.45, 2.75) is 67.7 Å². The van der Waals surface area contributed by atoms with Crippen LogP contribution in [0.3, 0.4) is 0 Å². The summed E-state index contributed by atoms with van der Waals surface area (Å²) in [7, 11) is 1.87. The van der Waals surface area contributed by atoms with E-state index < -0.39 is 36.0 Å². The van der Waals surface area contributed by atoms with Gasteiger partial charge in [-0.05, 0) is 30.5 Å². The monoisotopic (exact) mass is 492 g/mol. The number of hydrogen-bond donors (Lipinski definition) is 3. The van der Waals surface area contributed by atoms with Crippen molar-refractivity contribution < 1.29 is 24.1 Å². The van der Waals surface area contributed by atoms with Gasteiger partial charge in [0, 0.05) is 31.2 Å². The Kier molecular flexibility index (Phi) is 6.17. The van der Waals surface area contributed by atoms with Crippen LogP contribution in [0, 0.1) is 11.6 Å². The van der Waals surface area contributed by atoms with Gasteiger partial charge in [-0.3, -0.25) is 0 Å². The number of anilines is 1. The van der Waals surface area contributed by atoms with E-state index in [0.717, 1.165) is 30.2 Å². The normalized spacial score (nSPS) is 28.6. The molecule has 5 rings (SSSR count). The number of rotatable bonds is 7. The number of likely N-dealkylation sites (N-methyl/N-ethyl adjacent to an activating group) is 1. The summed E-state index contributed by atoms with van der Waals surface area (Å²) in [5, 5.41) is 39.5. The highest BCUT2D eigenvalue weighted by atomic mass is 32.2. The molecular formula is C22H26F2N6O3S. The van der Waals surface area contributed by atoms with Gasteiger partial charge >= 0.3 is 0 Å². The number of nitrogens with zero attached hydrogens (tertiary/aromatic N) is 6. The third-order valence-electron chi connectivity index (χ3n) is 6.62. The molecule has 0 spiro atoms. The SMILES string of the molecule is CCCSc1nc(N(C)C2CC2c2ccc(F)c(F)c2)c2nnn([C@@H]3C[C@H](O)[C@@H](O)[C@H]3O)c2n1. The first-order valence-electron chi connectivity index (χ1n) is 11.3. The zero-order valence-corrected chi connectivity index (χ0v) is 19.5. The molecule has 0 amide bonds. The molecule has 2 fully saturated rings. The fourth-order valence-corrected chi connectivity index (χ4v) is 5.31. The van der Waals surface area contributed by atoms with E-state index >= 15 is 0 Å². The van der Waals surface area contributed by atoms with Crippen LogP contribution in [-0.4, -0.2) is 77.4 Å². The largest absolute Gasteiger partial charge is 0.390 e. The van der Waals surface area contributed by atoms with Gasteiger partial charge in [-0.2, -0.15) is 0 Å². The molecule has 2 unspecified atom stereocenters. The maximum absolute atomic E-state index is 13.7. The van der Waals surface area contributed by atoms with Crippen LogP contribution in [0.15, 0.2) is 23.4 Å². The van der Waals surface area contributed by atoms with Crippen molar-refractivity contribution in [1.29, 1.82) is 0 Å². The highest BCUT2D eigenvalue weighted by Crippen LogP contribution is 2.46. The maximum atomic E-state index is 13.7. The summed E-state index contributed by atoms with van der Waals surface area (Å²) in [5.74, 6) is -0.352. The number of fused-ring (bicyclic) bond motifs is 1. The van der Waals surface area contributed by atoms with E-state index in [1.54, 1.807) is 6.07 Å². The van der Waals surface area contributed by atoms with Crippen LogP contribution < -0.4 is 4.90 Å². The van der Waals surface area contributed by atoms with Gasteiger partial charge in [0.25, 0.3) is 0 Å². The molecule has 0 bridgehead atoms. The highest BCUT2D eigenvalue weighted by Gasteiger charge is 2.45. The lowest BCUT2D eigenvalue weighted by Crippen LogP contribution is -2.31. The van der Waals surface area contributed by atoms with Crippen LogP contribution in [0.4, 0.5) is 14.6 Å². The van der Waals surface area contributed by atoms with Gasteiger partial charge in [0.15, 0.2) is 33.8 Å². The molecule has 1 aromatic carbocycles. The van der Waals surface area contributed by atoms with E-state index in [-0.39, 0.29) is 18.4 Å². The van der Waals surface area contributed by atoms with Crippen LogP contribution in [-0.2, 0) is 0 Å². The minimum atomic E-state index is -1.27. The van der Waals surface area contributed by atoms with Gasteiger partial charge in [0.05, 0.1) is 12.1 Å². The number of benzene rings is 1. The van der Waals surface area contributed by atoms with Crippen molar-refractivity contribution in [2.24, 2.45) is 0 Å². The lowest BCUT2D eigenvalue weighted by Gasteiger charge is -2.20. The van der Waals surface area contributed by atoms with Gasteiger partial charge in [-0.1, -0.05) is 30.0 Å². The molecule has 2 aromatic heterocycles. The number of aliphatic hydroxyl groups excluding tert-OH is 3. The summed E-state index contributed by atoms with van der Waals surface area (Å²) in [6.45, 7) is 2.05. The smallest absolute Gasteiger partial charge is 0.191 e. The van der Waals surface area contributed by atoms with Crippen LogP contribution in [0.1, 0.15) is 43.7 Å². The Morgan fingerprint density at radius 2 is 1.91 bits per heavy atom. The fourth-order valence-electron chi connectivity index (χ4n) is 4.62. The number of thioether (sulfide) groups is 1. The van der Waals surface area contributed by atoms with Crippen LogP contribution in [0.5, 0.6) is 0 Å². The molecule has 34 heavy (non-hydrogen) atoms. The van der Waals surface area contributed by atoms with E-state index in [2.05, 4.69) is 22.2 Å². The second-order valence-electron chi connectivity index (χ2n) is 8.93. The third-order valence-corrected chi connectivity index (χ3v) is 7.67. The Morgan fingerprint density at radius 1 is 1.12 bits per heavy atom. The summed E-state index contributed by atoms with van der Waals surface area (Å²) in [4.78, 5) is 11.3. The van der Waals surface area contributed by atoms with Crippen molar-refractivity contribution in [1.82, 2.24) is 25.0 Å². The maximum Gasteiger partial charge on any atom is 0.191 e. The second kappa shape index (κ2) is 8.99. The van der Waals surface area contributed by atoms with E-state index in [1.165, 1.54) is 22.5 Å². The molecule has 2 heterocycles. The van der Waals surface area contributed by atoms with E-state index in [1.807, 2.05) is 11.9 Å². The molecule has 182 valence electrons. The van der Waals surface area contributed by atoms with Gasteiger partial charge in [-0.25, -0.2) is 23.4 Å². The summed E-state index contributed by atoms with van der Waals surface area (Å²) >= 11 is 1.49. The molecule has 9 nitrogen and oxygen atoms in total. The Balaban J connectivity index is 1.50. The molecule has 2 aliphatic carbocycles. The predicted molar refractivity (Wildman–Crippen MR) is 122 cm³/mol. The van der Waals surface area contributed by atoms with Crippen molar-refractivity contribution in [3.05, 3.63) is 35.4 Å². The van der Waals surface area contributed by atoms with Crippen LogP contribution in [0.2, 0.25) is 0 Å². The lowest BCUT2D eigenvalue weighted by atomic mass is 10.1. The first-order valence-corrected chi connectivity index (χ1v) is 12.3. The summed E-state index contributed by atoms with van der Waals surface area (Å²) in [6, 6.07) is 3.31. The first-order chi connectivity index (χ1) is 16.3. The molecule has 0 saturated heterocycles. The van der Waals surface area contributed by atoms with Crippen LogP contribution in [0.25, 0.3) is 11.2 Å². The number of halogens is 2. The Hall–Kier alpha value is -2.41. The Bertz CT molecular complexity index is 1210. The molecular weight excluding hydrogens is 466 g/mol. The van der Waals surface area contributed by atoms with Gasteiger partial charge in [0.1, 0.15) is 12.2 Å². The quantitative estimate of drug-likeness (QED) is 0.336. The molecule has 6 atom stereocenters. The molecule has 2 saturated carbocycles. The van der Waals surface area contributed by atoms with Crippen molar-refractivity contribution in [2.75, 3.05) is 17.7 Å². The topological polar surface area (TPSA) is 120 Å². The van der Waals surface area contributed by atoms with Gasteiger partial charge in [-0.15, -0.1) is 5.10 Å². The Labute approximate surface area is 198 Å². The Morgan fingerprint density at radius 3 is 2.59 bits per heavy atom. The highest BCUT2D eigenvalue weighted by molar-refractivity contribution is 7.99. The van der Waals surface area contributed by atoms with Crippen molar-refractivity contribution >= 4 is 28.7 Å².